The first-order valence-corrected chi connectivity index (χ1v) is 12.5. The van der Waals surface area contributed by atoms with E-state index in [0.717, 1.165) is 17.3 Å². The van der Waals surface area contributed by atoms with Crippen molar-refractivity contribution >= 4 is 69.8 Å². The summed E-state index contributed by atoms with van der Waals surface area (Å²) >= 11 is 19.8. The van der Waals surface area contributed by atoms with Crippen molar-refractivity contribution in [3.05, 3.63) is 104 Å². The van der Waals surface area contributed by atoms with Crippen LogP contribution >= 0.6 is 46.6 Å². The Balaban J connectivity index is 1.73. The number of benzene rings is 3. The molecule has 176 valence electrons. The SMILES string of the molecule is Cc1ccc(NC(=O)/C(C#N)=C2\S[C@H](Cc3cc(Cl)ccc3Cl)C(=O)N2c2ccccc2)cc1Cl. The number of hydrogen-bond donors (Lipinski definition) is 1. The quantitative estimate of drug-likeness (QED) is 0.278. The average molecular weight is 543 g/mol. The highest BCUT2D eigenvalue weighted by Crippen LogP contribution is 2.42. The van der Waals surface area contributed by atoms with Crippen LogP contribution in [0, 0.1) is 18.3 Å². The maximum atomic E-state index is 13.5. The van der Waals surface area contributed by atoms with Crippen molar-refractivity contribution in [1.29, 1.82) is 5.26 Å². The van der Waals surface area contributed by atoms with E-state index in [4.69, 9.17) is 34.8 Å². The number of amides is 2. The van der Waals surface area contributed by atoms with Crippen molar-refractivity contribution < 1.29 is 9.59 Å². The second-order valence-corrected chi connectivity index (χ2v) is 10.2. The van der Waals surface area contributed by atoms with Crippen LogP contribution in [0.25, 0.3) is 0 Å². The number of nitrogens with one attached hydrogen (secondary N) is 1. The van der Waals surface area contributed by atoms with Crippen LogP contribution in [-0.2, 0) is 16.0 Å². The molecule has 0 radical (unpaired) electrons. The summed E-state index contributed by atoms with van der Waals surface area (Å²) in [7, 11) is 0. The van der Waals surface area contributed by atoms with Gasteiger partial charge in [-0.3, -0.25) is 14.5 Å². The first-order chi connectivity index (χ1) is 16.8. The number of carbonyl (C=O) groups excluding carboxylic acids is 2. The predicted molar refractivity (Wildman–Crippen MR) is 143 cm³/mol. The summed E-state index contributed by atoms with van der Waals surface area (Å²) in [6.07, 6.45) is 0.281. The van der Waals surface area contributed by atoms with E-state index in [2.05, 4.69) is 5.32 Å². The highest BCUT2D eigenvalue weighted by molar-refractivity contribution is 8.05. The Bertz CT molecular complexity index is 1390. The second-order valence-electron chi connectivity index (χ2n) is 7.77. The molecule has 2 amide bonds. The molecule has 4 rings (SSSR count). The first kappa shape index (κ1) is 25.2. The number of nitrogens with zero attached hydrogens (tertiary/aromatic N) is 2. The highest BCUT2D eigenvalue weighted by atomic mass is 35.5. The molecule has 1 saturated heterocycles. The molecule has 1 N–H and O–H groups in total. The van der Waals surface area contributed by atoms with Crippen LogP contribution in [0.1, 0.15) is 11.1 Å². The fraction of sp³-hybridized carbons (Fsp3) is 0.115. The van der Waals surface area contributed by atoms with Gasteiger partial charge in [-0.1, -0.05) is 70.8 Å². The zero-order valence-electron chi connectivity index (χ0n) is 18.4. The van der Waals surface area contributed by atoms with Gasteiger partial charge in [-0.25, -0.2) is 0 Å². The number of nitriles is 1. The van der Waals surface area contributed by atoms with Crippen LogP contribution in [-0.4, -0.2) is 17.1 Å². The van der Waals surface area contributed by atoms with Gasteiger partial charge in [-0.2, -0.15) is 5.26 Å². The average Bonchev–Trinajstić information content (AvgIpc) is 3.15. The standard InChI is InChI=1S/C26H18Cl3N3O2S/c1-15-7-9-18(13-22(15)29)31-24(33)20(14-30)26-32(19-5-3-2-4-6-19)25(34)23(35-26)12-16-11-17(27)8-10-21(16)28/h2-11,13,23H,12H2,1H3,(H,31,33)/b26-20-/t23-/m1/s1. The molecule has 35 heavy (non-hydrogen) atoms. The summed E-state index contributed by atoms with van der Waals surface area (Å²) in [6, 6.07) is 21.0. The largest absolute Gasteiger partial charge is 0.321 e. The number of hydrogen-bond acceptors (Lipinski definition) is 4. The molecule has 1 atom stereocenters. The van der Waals surface area contributed by atoms with Gasteiger partial charge in [0.25, 0.3) is 5.91 Å². The maximum Gasteiger partial charge on any atom is 0.269 e. The van der Waals surface area contributed by atoms with Crippen molar-refractivity contribution in [2.75, 3.05) is 10.2 Å². The summed E-state index contributed by atoms with van der Waals surface area (Å²) in [6.45, 7) is 1.85. The van der Waals surface area contributed by atoms with E-state index in [9.17, 15) is 14.9 Å². The number of aryl methyl sites for hydroxylation is 1. The minimum absolute atomic E-state index is 0.177. The molecule has 3 aromatic rings. The summed E-state index contributed by atoms with van der Waals surface area (Å²) in [5.41, 5.74) is 2.39. The van der Waals surface area contributed by atoms with Crippen LogP contribution in [0.5, 0.6) is 0 Å². The Morgan fingerprint density at radius 3 is 2.49 bits per heavy atom. The topological polar surface area (TPSA) is 73.2 Å². The molecule has 0 bridgehead atoms. The number of para-hydroxylation sites is 1. The van der Waals surface area contributed by atoms with E-state index in [1.165, 1.54) is 4.90 Å². The van der Waals surface area contributed by atoms with Crippen molar-refractivity contribution in [2.24, 2.45) is 0 Å². The number of anilines is 2. The van der Waals surface area contributed by atoms with E-state index in [1.807, 2.05) is 19.1 Å². The first-order valence-electron chi connectivity index (χ1n) is 10.5. The van der Waals surface area contributed by atoms with Gasteiger partial charge < -0.3 is 5.32 Å². The fourth-order valence-corrected chi connectivity index (χ4v) is 5.43. The molecule has 9 heteroatoms. The van der Waals surface area contributed by atoms with E-state index < -0.39 is 11.2 Å². The lowest BCUT2D eigenvalue weighted by molar-refractivity contribution is -0.117. The summed E-state index contributed by atoms with van der Waals surface area (Å²) in [5, 5.41) is 13.8. The molecule has 5 nitrogen and oxygen atoms in total. The highest BCUT2D eigenvalue weighted by Gasteiger charge is 2.41. The molecule has 1 aliphatic rings. The molecule has 0 aliphatic carbocycles. The monoisotopic (exact) mass is 541 g/mol. The third-order valence-electron chi connectivity index (χ3n) is 5.36. The molecule has 0 aromatic heterocycles. The number of carbonyl (C=O) groups is 2. The van der Waals surface area contributed by atoms with Crippen LogP contribution in [0.3, 0.4) is 0 Å². The predicted octanol–water partition coefficient (Wildman–Crippen LogP) is 7.02. The molecular weight excluding hydrogens is 525 g/mol. The maximum absolute atomic E-state index is 13.5. The van der Waals surface area contributed by atoms with Crippen molar-refractivity contribution in [3.63, 3.8) is 0 Å². The van der Waals surface area contributed by atoms with Crippen LogP contribution < -0.4 is 10.2 Å². The summed E-state index contributed by atoms with van der Waals surface area (Å²) in [4.78, 5) is 28.1. The zero-order valence-corrected chi connectivity index (χ0v) is 21.5. The van der Waals surface area contributed by atoms with E-state index in [0.29, 0.717) is 32.0 Å². The van der Waals surface area contributed by atoms with Gasteiger partial charge >= 0.3 is 0 Å². The molecule has 0 spiro atoms. The molecule has 1 aliphatic heterocycles. The lowest BCUT2D eigenvalue weighted by Crippen LogP contribution is -2.31. The number of thioether (sulfide) groups is 1. The molecule has 3 aromatic carbocycles. The van der Waals surface area contributed by atoms with Crippen molar-refractivity contribution in [2.45, 2.75) is 18.6 Å². The fourth-order valence-electron chi connectivity index (χ4n) is 3.56. The van der Waals surface area contributed by atoms with Gasteiger partial charge in [-0.05, 0) is 66.9 Å². The third kappa shape index (κ3) is 5.50. The molecule has 1 fully saturated rings. The van der Waals surface area contributed by atoms with Crippen molar-refractivity contribution in [3.8, 4) is 6.07 Å². The lowest BCUT2D eigenvalue weighted by Gasteiger charge is -2.18. The van der Waals surface area contributed by atoms with Crippen LogP contribution in [0.15, 0.2) is 77.3 Å². The van der Waals surface area contributed by atoms with E-state index in [-0.39, 0.29) is 22.9 Å². The van der Waals surface area contributed by atoms with Gasteiger partial charge in [0, 0.05) is 26.4 Å². The van der Waals surface area contributed by atoms with Gasteiger partial charge in [0.1, 0.15) is 16.7 Å². The molecule has 0 unspecified atom stereocenters. The minimum Gasteiger partial charge on any atom is -0.321 e. The molecule has 0 saturated carbocycles. The van der Waals surface area contributed by atoms with Crippen LogP contribution in [0.2, 0.25) is 15.1 Å². The lowest BCUT2D eigenvalue weighted by atomic mass is 10.1. The third-order valence-corrected chi connectivity index (χ3v) is 7.64. The minimum atomic E-state index is -0.634. The smallest absolute Gasteiger partial charge is 0.269 e. The Labute approximate surface area is 222 Å². The van der Waals surface area contributed by atoms with Gasteiger partial charge in [0.15, 0.2) is 0 Å². The zero-order chi connectivity index (χ0) is 25.1. The number of rotatable bonds is 5. The van der Waals surface area contributed by atoms with Crippen LogP contribution in [0.4, 0.5) is 11.4 Å². The number of halogens is 3. The van der Waals surface area contributed by atoms with Crippen molar-refractivity contribution in [1.82, 2.24) is 0 Å². The van der Waals surface area contributed by atoms with Gasteiger partial charge in [0.05, 0.1) is 5.25 Å². The van der Waals surface area contributed by atoms with E-state index >= 15 is 0 Å². The summed E-state index contributed by atoms with van der Waals surface area (Å²) in [5.74, 6) is -0.892. The van der Waals surface area contributed by atoms with Gasteiger partial charge in [-0.15, -0.1) is 0 Å². The Morgan fingerprint density at radius 1 is 1.06 bits per heavy atom. The molecular formula is C26H18Cl3N3O2S. The summed E-state index contributed by atoms with van der Waals surface area (Å²) < 4.78 is 0. The van der Waals surface area contributed by atoms with Gasteiger partial charge in [0.2, 0.25) is 5.91 Å². The van der Waals surface area contributed by atoms with E-state index in [1.54, 1.807) is 60.7 Å². The Hall–Kier alpha value is -2.95. The Morgan fingerprint density at radius 2 is 1.80 bits per heavy atom. The molecule has 1 heterocycles. The normalized spacial score (nSPS) is 16.7. The Kier molecular flexibility index (Phi) is 7.73. The second kappa shape index (κ2) is 10.8.